The molecule has 1 saturated heterocycles. The molecule has 2 fully saturated rings. The van der Waals surface area contributed by atoms with Gasteiger partial charge in [-0.25, -0.2) is 4.98 Å². The number of esters is 1. The van der Waals surface area contributed by atoms with E-state index >= 15 is 0 Å². The highest BCUT2D eigenvalue weighted by Gasteiger charge is 2.48. The van der Waals surface area contributed by atoms with E-state index in [0.29, 0.717) is 12.5 Å². The lowest BCUT2D eigenvalue weighted by Crippen LogP contribution is -2.47. The van der Waals surface area contributed by atoms with Crippen molar-refractivity contribution in [3.8, 4) is 5.75 Å². The Bertz CT molecular complexity index is 1250. The van der Waals surface area contributed by atoms with E-state index in [1.165, 1.54) is 0 Å². The fourth-order valence-corrected chi connectivity index (χ4v) is 7.12. The molecule has 1 amide bonds. The van der Waals surface area contributed by atoms with Crippen LogP contribution in [0.25, 0.3) is 5.65 Å². The van der Waals surface area contributed by atoms with E-state index in [0.717, 1.165) is 74.6 Å². The van der Waals surface area contributed by atoms with Crippen molar-refractivity contribution in [1.29, 1.82) is 0 Å². The summed E-state index contributed by atoms with van der Waals surface area (Å²) in [6, 6.07) is 1.36. The average Bonchev–Trinajstić information content (AvgIpc) is 3.58. The largest absolute Gasteiger partial charge is 0.488 e. The van der Waals surface area contributed by atoms with Crippen LogP contribution in [-0.2, 0) is 25.5 Å². The molecule has 8 nitrogen and oxygen atoms in total. The van der Waals surface area contributed by atoms with Crippen LogP contribution in [0.2, 0.25) is 0 Å². The molecule has 0 unspecified atom stereocenters. The van der Waals surface area contributed by atoms with Crippen molar-refractivity contribution in [2.75, 3.05) is 6.54 Å². The second-order valence-electron chi connectivity index (χ2n) is 13.6. The summed E-state index contributed by atoms with van der Waals surface area (Å²) >= 11 is 0. The number of aldehydes is 1. The Morgan fingerprint density at radius 2 is 1.90 bits per heavy atom. The first-order valence-corrected chi connectivity index (χ1v) is 15.1. The van der Waals surface area contributed by atoms with Crippen molar-refractivity contribution in [3.63, 3.8) is 0 Å². The molecule has 8 heteroatoms. The number of hydrogen-bond donors (Lipinski definition) is 0. The molecule has 3 aliphatic rings. The summed E-state index contributed by atoms with van der Waals surface area (Å²) in [5.41, 5.74) is 0.943. The van der Waals surface area contributed by atoms with Crippen LogP contribution in [0.15, 0.2) is 24.7 Å². The summed E-state index contributed by atoms with van der Waals surface area (Å²) in [5.74, 6) is -0.192. The molecule has 2 aromatic rings. The van der Waals surface area contributed by atoms with Crippen molar-refractivity contribution in [1.82, 2.24) is 14.3 Å². The minimum Gasteiger partial charge on any atom is -0.488 e. The number of carbonyl (C=O) groups excluding carboxylic acids is 3. The number of pyridine rings is 1. The zero-order valence-electron chi connectivity index (χ0n) is 24.7. The molecule has 0 spiro atoms. The van der Waals surface area contributed by atoms with E-state index in [-0.39, 0.29) is 30.3 Å². The van der Waals surface area contributed by atoms with E-state index in [9.17, 15) is 14.4 Å². The first-order valence-electron chi connectivity index (χ1n) is 15.1. The maximum Gasteiger partial charge on any atom is 0.307 e. The van der Waals surface area contributed by atoms with Gasteiger partial charge in [0.25, 0.3) is 0 Å². The smallest absolute Gasteiger partial charge is 0.307 e. The van der Waals surface area contributed by atoms with Crippen LogP contribution < -0.4 is 4.74 Å². The van der Waals surface area contributed by atoms with Gasteiger partial charge in [0.05, 0.1) is 24.9 Å². The number of ether oxygens (including phenoxy) is 2. The molecule has 1 saturated carbocycles. The van der Waals surface area contributed by atoms with E-state index in [2.05, 4.69) is 18.1 Å². The Morgan fingerprint density at radius 3 is 2.65 bits per heavy atom. The molecular formula is C32H45N3O5. The predicted molar refractivity (Wildman–Crippen MR) is 152 cm³/mol. The summed E-state index contributed by atoms with van der Waals surface area (Å²) in [6.45, 7) is 10.3. The van der Waals surface area contributed by atoms with Gasteiger partial charge in [0.2, 0.25) is 5.91 Å². The highest BCUT2D eigenvalue weighted by Crippen LogP contribution is 2.43. The van der Waals surface area contributed by atoms with Gasteiger partial charge in [-0.1, -0.05) is 40.5 Å². The molecule has 218 valence electrons. The van der Waals surface area contributed by atoms with Gasteiger partial charge in [-0.2, -0.15) is 0 Å². The zero-order chi connectivity index (χ0) is 28.7. The van der Waals surface area contributed by atoms with Gasteiger partial charge in [0.15, 0.2) is 0 Å². The van der Waals surface area contributed by atoms with Crippen LogP contribution in [0, 0.1) is 23.2 Å². The molecule has 2 aliphatic heterocycles. The number of hydrogen-bond acceptors (Lipinski definition) is 6. The molecule has 4 heterocycles. The second-order valence-corrected chi connectivity index (χ2v) is 13.6. The minimum atomic E-state index is -0.615. The fourth-order valence-electron chi connectivity index (χ4n) is 7.12. The number of aromatic nitrogens is 2. The molecule has 5 rings (SSSR count). The van der Waals surface area contributed by atoms with Gasteiger partial charge in [-0.3, -0.25) is 9.59 Å². The Hall–Kier alpha value is -2.90. The molecule has 0 radical (unpaired) electrons. The van der Waals surface area contributed by atoms with Crippen molar-refractivity contribution < 1.29 is 23.9 Å². The Kier molecular flexibility index (Phi) is 7.99. The van der Waals surface area contributed by atoms with Gasteiger partial charge in [-0.05, 0) is 56.8 Å². The Labute approximate surface area is 237 Å². The quantitative estimate of drug-likeness (QED) is 0.348. The number of carbonyl (C=O) groups is 3. The first-order chi connectivity index (χ1) is 19.0. The Balaban J connectivity index is 1.49. The molecular weight excluding hydrogens is 506 g/mol. The number of imidazole rings is 1. The average molecular weight is 552 g/mol. The minimum absolute atomic E-state index is 0.00726. The summed E-state index contributed by atoms with van der Waals surface area (Å²) in [5, 5.41) is 0. The van der Waals surface area contributed by atoms with Gasteiger partial charge < -0.3 is 23.6 Å². The molecule has 1 aliphatic carbocycles. The SMILES string of the molecule is C[C@@H]1[C@@H]2CN(C(=O)[C@H](C(C)(C)C)CC(=O)O[C@]3(C)CCC[C@H]3CCCCCc3cn4ccnc4cc3O2)[C@@H]1C=O. The van der Waals surface area contributed by atoms with E-state index in [1.807, 2.05) is 44.4 Å². The molecule has 6 atom stereocenters. The van der Waals surface area contributed by atoms with Crippen LogP contribution in [-0.4, -0.2) is 56.7 Å². The van der Waals surface area contributed by atoms with Crippen LogP contribution in [0.5, 0.6) is 5.75 Å². The Morgan fingerprint density at radius 1 is 1.12 bits per heavy atom. The second kappa shape index (κ2) is 11.2. The maximum absolute atomic E-state index is 14.1. The van der Waals surface area contributed by atoms with E-state index in [4.69, 9.17) is 9.47 Å². The molecule has 0 N–H and O–H groups in total. The van der Waals surface area contributed by atoms with Crippen molar-refractivity contribution in [2.24, 2.45) is 23.2 Å². The van der Waals surface area contributed by atoms with Gasteiger partial charge in [0.1, 0.15) is 29.4 Å². The number of amides is 1. The van der Waals surface area contributed by atoms with Crippen molar-refractivity contribution in [2.45, 2.75) is 110 Å². The molecule has 2 bridgehead atoms. The maximum atomic E-state index is 14.1. The topological polar surface area (TPSA) is 90.2 Å². The highest BCUT2D eigenvalue weighted by atomic mass is 16.6. The lowest BCUT2D eigenvalue weighted by atomic mass is 9.77. The summed E-state index contributed by atoms with van der Waals surface area (Å²) < 4.78 is 14.8. The first kappa shape index (κ1) is 28.6. The van der Waals surface area contributed by atoms with E-state index in [1.54, 1.807) is 11.1 Å². The van der Waals surface area contributed by atoms with Gasteiger partial charge in [-0.15, -0.1) is 0 Å². The summed E-state index contributed by atoms with van der Waals surface area (Å²) in [7, 11) is 0. The number of aryl methyl sites for hydroxylation is 1. The molecule has 40 heavy (non-hydrogen) atoms. The third-order valence-corrected chi connectivity index (χ3v) is 9.78. The lowest BCUT2D eigenvalue weighted by Gasteiger charge is -2.36. The van der Waals surface area contributed by atoms with Gasteiger partial charge in [0, 0.05) is 36.1 Å². The summed E-state index contributed by atoms with van der Waals surface area (Å²) in [4.78, 5) is 45.9. The highest BCUT2D eigenvalue weighted by molar-refractivity contribution is 5.87. The molecule has 2 aromatic heterocycles. The van der Waals surface area contributed by atoms with Crippen molar-refractivity contribution in [3.05, 3.63) is 30.2 Å². The third-order valence-electron chi connectivity index (χ3n) is 9.78. The molecule has 0 aromatic carbocycles. The fraction of sp³-hybridized carbons (Fsp3) is 0.688. The van der Waals surface area contributed by atoms with Crippen LogP contribution in [0.3, 0.4) is 0 Å². The number of rotatable bonds is 1. The third kappa shape index (κ3) is 5.64. The summed E-state index contributed by atoms with van der Waals surface area (Å²) in [6.07, 6.45) is 14.4. The zero-order valence-corrected chi connectivity index (χ0v) is 24.7. The van der Waals surface area contributed by atoms with Crippen molar-refractivity contribution >= 4 is 23.8 Å². The predicted octanol–water partition coefficient (Wildman–Crippen LogP) is 5.40. The normalized spacial score (nSPS) is 32.5. The van der Waals surface area contributed by atoms with Crippen LogP contribution in [0.1, 0.15) is 91.5 Å². The van der Waals surface area contributed by atoms with Gasteiger partial charge >= 0.3 is 5.97 Å². The van der Waals surface area contributed by atoms with Crippen LogP contribution in [0.4, 0.5) is 0 Å². The number of nitrogens with zero attached hydrogens (tertiary/aromatic N) is 3. The lowest BCUT2D eigenvalue weighted by molar-refractivity contribution is -0.167. The van der Waals surface area contributed by atoms with Crippen LogP contribution >= 0.6 is 0 Å². The van der Waals surface area contributed by atoms with E-state index < -0.39 is 23.0 Å². The monoisotopic (exact) mass is 551 g/mol. The standard InChI is InChI=1S/C32H45N3O5/c1-21-25(20-36)35-19-27(21)39-26-17-28-33-14-15-34(28)18-22(26)10-7-6-8-11-23-12-9-13-32(23,5)40-29(37)16-24(30(35)38)31(2,3)4/h14-15,17-18,20-21,23-25,27H,6-13,16,19H2,1-5H3/t21-,23+,24+,25+,27-,32+/m0/s1. The number of fused-ring (bicyclic) bond motifs is 5.